The molecule has 0 fully saturated rings. The largest absolute Gasteiger partial charge is 0.461 e. The normalized spacial score (nSPS) is 17.8. The number of rotatable bonds is 2. The van der Waals surface area contributed by atoms with Gasteiger partial charge >= 0.3 is 0 Å². The average Bonchev–Trinajstić information content (AvgIpc) is 3.06. The smallest absolute Gasteiger partial charge is 0.256 e. The lowest BCUT2D eigenvalue weighted by Crippen LogP contribution is -2.04. The summed E-state index contributed by atoms with van der Waals surface area (Å²) in [4.78, 5) is 12.5. The second kappa shape index (κ2) is 5.82. The molecule has 2 heterocycles. The van der Waals surface area contributed by atoms with Crippen molar-refractivity contribution in [2.24, 2.45) is 0 Å². The van der Waals surface area contributed by atoms with E-state index < -0.39 is 0 Å². The minimum absolute atomic E-state index is 0.0909. The fourth-order valence-corrected chi connectivity index (χ4v) is 4.13. The highest BCUT2D eigenvalue weighted by atomic mass is 35.5. The number of anilines is 1. The van der Waals surface area contributed by atoms with Gasteiger partial charge in [-0.3, -0.25) is 4.79 Å². The third kappa shape index (κ3) is 2.39. The molecule has 0 radical (unpaired) electrons. The number of furan rings is 1. The van der Waals surface area contributed by atoms with Crippen molar-refractivity contribution < 1.29 is 9.21 Å². The van der Waals surface area contributed by atoms with E-state index in [1.54, 1.807) is 0 Å². The Kier molecular flexibility index (Phi) is 3.76. The number of halogens is 1. The van der Waals surface area contributed by atoms with Crippen molar-refractivity contribution in [2.75, 3.05) is 5.32 Å². The van der Waals surface area contributed by atoms with Crippen LogP contribution in [0.25, 0.3) is 11.6 Å². The number of fused-ring (bicyclic) bond motifs is 2. The van der Waals surface area contributed by atoms with Gasteiger partial charge in [-0.1, -0.05) is 18.5 Å². The molecule has 0 unspecified atom stereocenters. The van der Waals surface area contributed by atoms with Gasteiger partial charge in [0.1, 0.15) is 11.5 Å². The van der Waals surface area contributed by atoms with Crippen molar-refractivity contribution in [1.82, 2.24) is 0 Å². The molecule has 0 bridgehead atoms. The van der Waals surface area contributed by atoms with Gasteiger partial charge in [-0.15, -0.1) is 0 Å². The highest BCUT2D eigenvalue weighted by Gasteiger charge is 2.28. The molecule has 124 valence electrons. The third-order valence-corrected chi connectivity index (χ3v) is 5.23. The van der Waals surface area contributed by atoms with E-state index >= 15 is 0 Å². The van der Waals surface area contributed by atoms with E-state index in [0.717, 1.165) is 47.6 Å². The van der Waals surface area contributed by atoms with Crippen molar-refractivity contribution in [1.29, 1.82) is 0 Å². The van der Waals surface area contributed by atoms with Crippen LogP contribution < -0.4 is 5.32 Å². The lowest BCUT2D eigenvalue weighted by molar-refractivity contribution is -0.110. The Morgan fingerprint density at radius 1 is 1.29 bits per heavy atom. The number of hydrogen-bond donors (Lipinski definition) is 1. The fourth-order valence-electron chi connectivity index (χ4n) is 3.86. The summed E-state index contributed by atoms with van der Waals surface area (Å²) >= 11 is 6.20. The Bertz CT molecular complexity index is 876. The van der Waals surface area contributed by atoms with E-state index in [2.05, 4.69) is 12.2 Å². The minimum atomic E-state index is -0.0909. The molecule has 0 spiro atoms. The Balaban J connectivity index is 1.86. The van der Waals surface area contributed by atoms with Crippen LogP contribution in [0.5, 0.6) is 0 Å². The summed E-state index contributed by atoms with van der Waals surface area (Å²) in [6, 6.07) is 3.72. The molecule has 1 aromatic heterocycles. The summed E-state index contributed by atoms with van der Waals surface area (Å²) < 4.78 is 6.12. The van der Waals surface area contributed by atoms with Gasteiger partial charge in [-0.05, 0) is 61.9 Å². The molecule has 1 aliphatic carbocycles. The first-order valence-corrected chi connectivity index (χ1v) is 8.93. The number of nitrogens with one attached hydrogen (secondary N) is 1. The quantitative estimate of drug-likeness (QED) is 0.765. The maximum Gasteiger partial charge on any atom is 0.256 e. The van der Waals surface area contributed by atoms with Crippen LogP contribution >= 0.6 is 11.6 Å². The van der Waals surface area contributed by atoms with Gasteiger partial charge in [0.2, 0.25) is 0 Å². The first-order chi connectivity index (χ1) is 11.6. The molecule has 1 amide bonds. The lowest BCUT2D eigenvalue weighted by atomic mass is 9.93. The molecule has 1 N–H and O–H groups in total. The molecule has 3 nitrogen and oxygen atoms in total. The minimum Gasteiger partial charge on any atom is -0.461 e. The molecule has 0 saturated heterocycles. The zero-order valence-electron chi connectivity index (χ0n) is 14.0. The summed E-state index contributed by atoms with van der Waals surface area (Å²) in [6.45, 7) is 4.10. The fraction of sp³-hybridized carbons (Fsp3) is 0.350. The van der Waals surface area contributed by atoms with E-state index in [4.69, 9.17) is 16.0 Å². The number of carbonyl (C=O) groups excluding carboxylic acids is 1. The molecule has 0 atom stereocenters. The van der Waals surface area contributed by atoms with Gasteiger partial charge in [-0.25, -0.2) is 0 Å². The zero-order chi connectivity index (χ0) is 16.8. The summed E-state index contributed by atoms with van der Waals surface area (Å²) in [5.74, 6) is 1.85. The molecule has 24 heavy (non-hydrogen) atoms. The third-order valence-electron chi connectivity index (χ3n) is 5.01. The molecule has 2 aromatic rings. The molecule has 0 saturated carbocycles. The second-order valence-electron chi connectivity index (χ2n) is 6.56. The highest BCUT2D eigenvalue weighted by molar-refractivity contribution is 6.37. The van der Waals surface area contributed by atoms with Crippen molar-refractivity contribution in [3.05, 3.63) is 50.9 Å². The maximum atomic E-state index is 12.5. The monoisotopic (exact) mass is 341 g/mol. The summed E-state index contributed by atoms with van der Waals surface area (Å²) in [5.41, 5.74) is 5.93. The van der Waals surface area contributed by atoms with Crippen molar-refractivity contribution in [2.45, 2.75) is 46.0 Å². The Labute approximate surface area is 146 Å². The molecule has 4 heteroatoms. The van der Waals surface area contributed by atoms with E-state index in [0.29, 0.717) is 10.6 Å². The van der Waals surface area contributed by atoms with Gasteiger partial charge in [0.25, 0.3) is 5.91 Å². The SMILES string of the molecule is CCc1c(C=C2C(=O)Nc3c(C)cc(Cl)cc32)oc2c1CCCC2. The molecular weight excluding hydrogens is 322 g/mol. The number of benzene rings is 1. The van der Waals surface area contributed by atoms with E-state index in [9.17, 15) is 4.79 Å². The summed E-state index contributed by atoms with van der Waals surface area (Å²) in [6.07, 6.45) is 7.29. The molecule has 4 rings (SSSR count). The van der Waals surface area contributed by atoms with Gasteiger partial charge in [0, 0.05) is 22.6 Å². The van der Waals surface area contributed by atoms with Crippen LogP contribution in [0, 0.1) is 6.92 Å². The van der Waals surface area contributed by atoms with Crippen LogP contribution in [-0.2, 0) is 24.1 Å². The molecule has 1 aliphatic heterocycles. The Morgan fingerprint density at radius 3 is 2.88 bits per heavy atom. The standard InChI is InChI=1S/C20H20ClNO2/c1-3-13-14-6-4-5-7-17(14)24-18(13)10-16-15-9-12(21)8-11(2)19(15)22-20(16)23/h8-10H,3-7H2,1-2H3,(H,22,23). The molecule has 1 aromatic carbocycles. The zero-order valence-corrected chi connectivity index (χ0v) is 14.7. The Morgan fingerprint density at radius 2 is 2.08 bits per heavy atom. The summed E-state index contributed by atoms with van der Waals surface area (Å²) in [5, 5.41) is 3.60. The Hall–Kier alpha value is -2.00. The van der Waals surface area contributed by atoms with Crippen molar-refractivity contribution in [3.63, 3.8) is 0 Å². The van der Waals surface area contributed by atoms with Gasteiger partial charge < -0.3 is 9.73 Å². The number of hydrogen-bond acceptors (Lipinski definition) is 2. The first kappa shape index (κ1) is 15.5. The van der Waals surface area contributed by atoms with Crippen LogP contribution in [0.3, 0.4) is 0 Å². The van der Waals surface area contributed by atoms with Crippen LogP contribution in [0.15, 0.2) is 16.5 Å². The number of amides is 1. The van der Waals surface area contributed by atoms with Gasteiger partial charge in [0.15, 0.2) is 0 Å². The topological polar surface area (TPSA) is 42.2 Å². The van der Waals surface area contributed by atoms with Crippen LogP contribution in [-0.4, -0.2) is 5.91 Å². The van der Waals surface area contributed by atoms with E-state index in [1.807, 2.05) is 25.1 Å². The molecular formula is C20H20ClNO2. The predicted octanol–water partition coefficient (Wildman–Crippen LogP) is 5.18. The average molecular weight is 342 g/mol. The van der Waals surface area contributed by atoms with Gasteiger partial charge in [-0.2, -0.15) is 0 Å². The van der Waals surface area contributed by atoms with Crippen molar-refractivity contribution in [3.8, 4) is 0 Å². The molecule has 2 aliphatic rings. The van der Waals surface area contributed by atoms with Crippen LogP contribution in [0.1, 0.15) is 53.5 Å². The lowest BCUT2D eigenvalue weighted by Gasteiger charge is -2.09. The predicted molar refractivity (Wildman–Crippen MR) is 97.4 cm³/mol. The van der Waals surface area contributed by atoms with Crippen LogP contribution in [0.4, 0.5) is 5.69 Å². The number of carbonyl (C=O) groups is 1. The maximum absolute atomic E-state index is 12.5. The second-order valence-corrected chi connectivity index (χ2v) is 7.00. The highest BCUT2D eigenvalue weighted by Crippen LogP contribution is 2.39. The van der Waals surface area contributed by atoms with E-state index in [1.165, 1.54) is 24.0 Å². The first-order valence-electron chi connectivity index (χ1n) is 8.55. The van der Waals surface area contributed by atoms with Gasteiger partial charge in [0.05, 0.1) is 11.3 Å². The van der Waals surface area contributed by atoms with Crippen LogP contribution in [0.2, 0.25) is 5.02 Å². The van der Waals surface area contributed by atoms with E-state index in [-0.39, 0.29) is 5.91 Å². The number of aryl methyl sites for hydroxylation is 2. The van der Waals surface area contributed by atoms with Crippen molar-refractivity contribution >= 4 is 34.8 Å². The summed E-state index contributed by atoms with van der Waals surface area (Å²) in [7, 11) is 0.